The Hall–Kier alpha value is -2.20. The summed E-state index contributed by atoms with van der Waals surface area (Å²) in [5.74, 6) is 0.870. The molecule has 2 N–H and O–H groups in total. The van der Waals surface area contributed by atoms with E-state index in [-0.39, 0.29) is 23.8 Å². The molecule has 2 aliphatic carbocycles. The molecule has 4 rings (SSSR count). The fraction of sp³-hybridized carbons (Fsp3) is 0.455. The Morgan fingerprint density at radius 2 is 2.07 bits per heavy atom. The molecule has 0 bridgehead atoms. The van der Waals surface area contributed by atoms with Crippen LogP contribution < -0.4 is 10.1 Å². The van der Waals surface area contributed by atoms with Crippen molar-refractivity contribution in [1.82, 2.24) is 5.32 Å². The van der Waals surface area contributed by atoms with Crippen molar-refractivity contribution in [3.05, 3.63) is 51.2 Å². The molecule has 1 unspecified atom stereocenters. The summed E-state index contributed by atoms with van der Waals surface area (Å²) in [5, 5.41) is 22.9. The number of carbonyl (C=O) groups excluding carboxylic acids is 1. The highest BCUT2D eigenvalue weighted by molar-refractivity contribution is 7.12. The van der Waals surface area contributed by atoms with Gasteiger partial charge in [-0.1, -0.05) is 0 Å². The molecular formula is C22H24N2O3S. The van der Waals surface area contributed by atoms with Gasteiger partial charge < -0.3 is 15.2 Å². The van der Waals surface area contributed by atoms with Crippen LogP contribution in [-0.4, -0.2) is 35.7 Å². The van der Waals surface area contributed by atoms with Gasteiger partial charge in [0, 0.05) is 33.8 Å². The summed E-state index contributed by atoms with van der Waals surface area (Å²) < 4.78 is 5.91. The number of nitrogens with zero attached hydrogens (tertiary/aromatic N) is 1. The van der Waals surface area contributed by atoms with Crippen molar-refractivity contribution < 1.29 is 14.6 Å². The van der Waals surface area contributed by atoms with Crippen molar-refractivity contribution in [2.45, 2.75) is 50.9 Å². The van der Waals surface area contributed by atoms with Crippen molar-refractivity contribution >= 4 is 17.1 Å². The first-order valence-electron chi connectivity index (χ1n) is 9.77. The number of nitriles is 1. The number of ketones is 1. The lowest BCUT2D eigenvalue weighted by molar-refractivity contribution is 0.0441. The van der Waals surface area contributed by atoms with Crippen LogP contribution in [0.25, 0.3) is 0 Å². The van der Waals surface area contributed by atoms with E-state index in [1.54, 1.807) is 35.6 Å². The lowest BCUT2D eigenvalue weighted by atomic mass is 9.87. The van der Waals surface area contributed by atoms with Gasteiger partial charge in [-0.25, -0.2) is 0 Å². The van der Waals surface area contributed by atoms with E-state index >= 15 is 0 Å². The Morgan fingerprint density at radius 3 is 2.82 bits per heavy atom. The predicted octanol–water partition coefficient (Wildman–Crippen LogP) is 3.23. The van der Waals surface area contributed by atoms with Crippen LogP contribution in [0.5, 0.6) is 5.75 Å². The summed E-state index contributed by atoms with van der Waals surface area (Å²) in [6.07, 6.45) is 2.50. The van der Waals surface area contributed by atoms with Crippen LogP contribution in [0, 0.1) is 24.2 Å². The first-order valence-corrected chi connectivity index (χ1v) is 10.6. The lowest BCUT2D eigenvalue weighted by Gasteiger charge is -2.25. The Labute approximate surface area is 169 Å². The van der Waals surface area contributed by atoms with E-state index in [0.717, 1.165) is 31.2 Å². The van der Waals surface area contributed by atoms with E-state index < -0.39 is 6.10 Å². The first kappa shape index (κ1) is 19.1. The maximum atomic E-state index is 12.7. The maximum Gasteiger partial charge on any atom is 0.168 e. The second kappa shape index (κ2) is 8.04. The number of nitrogens with one attached hydrogen (secondary N) is 1. The normalized spacial score (nSPS) is 26.7. The van der Waals surface area contributed by atoms with Gasteiger partial charge in [-0.15, -0.1) is 11.3 Å². The zero-order valence-corrected chi connectivity index (χ0v) is 16.7. The zero-order valence-electron chi connectivity index (χ0n) is 15.9. The van der Waals surface area contributed by atoms with Crippen molar-refractivity contribution in [1.29, 1.82) is 5.26 Å². The molecule has 6 heteroatoms. The van der Waals surface area contributed by atoms with Crippen molar-refractivity contribution in [3.63, 3.8) is 0 Å². The quantitative estimate of drug-likeness (QED) is 0.811. The van der Waals surface area contributed by atoms with Crippen LogP contribution in [-0.2, 0) is 6.42 Å². The molecule has 1 aromatic carbocycles. The number of carbonyl (C=O) groups is 1. The topological polar surface area (TPSA) is 82.3 Å². The maximum absolute atomic E-state index is 12.7. The van der Waals surface area contributed by atoms with Gasteiger partial charge in [0.25, 0.3) is 0 Å². The molecule has 146 valence electrons. The van der Waals surface area contributed by atoms with E-state index in [1.165, 1.54) is 9.75 Å². The Balaban J connectivity index is 1.31. The van der Waals surface area contributed by atoms with Crippen LogP contribution in [0.15, 0.2) is 30.3 Å². The largest absolute Gasteiger partial charge is 0.488 e. The number of ether oxygens (including phenoxy) is 1. The highest BCUT2D eigenvalue weighted by atomic mass is 32.1. The summed E-state index contributed by atoms with van der Waals surface area (Å²) in [6, 6.07) is 11.0. The molecule has 0 radical (unpaired) electrons. The van der Waals surface area contributed by atoms with Gasteiger partial charge in [-0.2, -0.15) is 5.26 Å². The van der Waals surface area contributed by atoms with Crippen LogP contribution in [0.3, 0.4) is 0 Å². The number of aryl methyl sites for hydroxylation is 2. The molecule has 2 aromatic rings. The van der Waals surface area contributed by atoms with Crippen LogP contribution in [0.4, 0.5) is 0 Å². The standard InChI is InChI=1S/C22H24N2O3S/c1-13-10-17-20(28-13)9-4-15(21(17)25)12-24-18-7-8-19(22(18)26)27-16-5-2-14(11-23)3-6-16/h2-3,5-6,10,15,18-19,22,24,26H,4,7-9,12H2,1H3/t15?,18-,19-,22+/m1/s1. The fourth-order valence-corrected chi connectivity index (χ4v) is 5.24. The summed E-state index contributed by atoms with van der Waals surface area (Å²) in [7, 11) is 0. The van der Waals surface area contributed by atoms with Gasteiger partial charge in [0.2, 0.25) is 0 Å². The number of benzene rings is 1. The molecule has 0 amide bonds. The van der Waals surface area contributed by atoms with Gasteiger partial charge in [-0.3, -0.25) is 4.79 Å². The Kier molecular flexibility index (Phi) is 5.49. The minimum atomic E-state index is -0.617. The van der Waals surface area contributed by atoms with Gasteiger partial charge >= 0.3 is 0 Å². The molecular weight excluding hydrogens is 372 g/mol. The summed E-state index contributed by atoms with van der Waals surface area (Å²) in [5.41, 5.74) is 1.48. The number of fused-ring (bicyclic) bond motifs is 1. The number of aliphatic hydroxyl groups is 1. The molecule has 0 spiro atoms. The summed E-state index contributed by atoms with van der Waals surface area (Å²) in [6.45, 7) is 2.64. The molecule has 1 saturated carbocycles. The average Bonchev–Trinajstić information content (AvgIpc) is 3.25. The van der Waals surface area contributed by atoms with E-state index in [1.807, 2.05) is 13.0 Å². The van der Waals surface area contributed by atoms with Crippen molar-refractivity contribution in [2.75, 3.05) is 6.54 Å². The van der Waals surface area contributed by atoms with Gasteiger partial charge in [-0.05, 0) is 62.9 Å². The fourth-order valence-electron chi connectivity index (χ4n) is 4.18. The third kappa shape index (κ3) is 3.83. The third-order valence-corrected chi connectivity index (χ3v) is 6.85. The SMILES string of the molecule is Cc1cc2c(s1)CCC(CN[C@@H]1CC[C@@H](Oc3ccc(C#N)cc3)[C@H]1O)C2=O. The smallest absolute Gasteiger partial charge is 0.168 e. The van der Waals surface area contributed by atoms with E-state index in [9.17, 15) is 9.90 Å². The molecule has 5 nitrogen and oxygen atoms in total. The van der Waals surface area contributed by atoms with E-state index in [4.69, 9.17) is 10.00 Å². The number of hydrogen-bond acceptors (Lipinski definition) is 6. The van der Waals surface area contributed by atoms with Crippen molar-refractivity contribution in [2.24, 2.45) is 5.92 Å². The minimum Gasteiger partial charge on any atom is -0.488 e. The highest BCUT2D eigenvalue weighted by Gasteiger charge is 2.37. The van der Waals surface area contributed by atoms with Crippen LogP contribution >= 0.6 is 11.3 Å². The number of Topliss-reactive ketones (excluding diaryl/α,β-unsaturated/α-hetero) is 1. The predicted molar refractivity (Wildman–Crippen MR) is 108 cm³/mol. The molecule has 1 heterocycles. The Morgan fingerprint density at radius 1 is 1.29 bits per heavy atom. The van der Waals surface area contributed by atoms with Crippen LogP contribution in [0.1, 0.15) is 44.9 Å². The second-order valence-corrected chi connectivity index (χ2v) is 9.01. The minimum absolute atomic E-state index is 0.0211. The van der Waals surface area contributed by atoms with E-state index in [2.05, 4.69) is 11.4 Å². The summed E-state index contributed by atoms with van der Waals surface area (Å²) in [4.78, 5) is 15.1. The molecule has 1 aromatic heterocycles. The number of hydrogen-bond donors (Lipinski definition) is 2. The number of rotatable bonds is 5. The van der Waals surface area contributed by atoms with Gasteiger partial charge in [0.15, 0.2) is 5.78 Å². The zero-order chi connectivity index (χ0) is 19.7. The average molecular weight is 397 g/mol. The second-order valence-electron chi connectivity index (χ2n) is 7.67. The molecule has 2 aliphatic rings. The first-order chi connectivity index (χ1) is 13.5. The van der Waals surface area contributed by atoms with Gasteiger partial charge in [0.05, 0.1) is 11.6 Å². The third-order valence-electron chi connectivity index (χ3n) is 5.74. The molecule has 28 heavy (non-hydrogen) atoms. The molecule has 0 aliphatic heterocycles. The summed E-state index contributed by atoms with van der Waals surface area (Å²) >= 11 is 1.73. The van der Waals surface area contributed by atoms with Crippen LogP contribution in [0.2, 0.25) is 0 Å². The highest BCUT2D eigenvalue weighted by Crippen LogP contribution is 2.32. The van der Waals surface area contributed by atoms with E-state index in [0.29, 0.717) is 17.9 Å². The molecule has 4 atom stereocenters. The number of thiophene rings is 1. The lowest BCUT2D eigenvalue weighted by Crippen LogP contribution is -2.44. The van der Waals surface area contributed by atoms with Crippen molar-refractivity contribution in [3.8, 4) is 11.8 Å². The van der Waals surface area contributed by atoms with Gasteiger partial charge in [0.1, 0.15) is 18.0 Å². The monoisotopic (exact) mass is 396 g/mol. The number of aliphatic hydroxyl groups excluding tert-OH is 1. The molecule has 0 saturated heterocycles. The molecule has 1 fully saturated rings. The Bertz CT molecular complexity index is 899.